The zero-order chi connectivity index (χ0) is 13.0. The molecule has 1 rings (SSSR count). The Hall–Kier alpha value is -1.85. The van der Waals surface area contributed by atoms with Crippen molar-refractivity contribution in [2.45, 2.75) is 19.9 Å². The number of esters is 1. The summed E-state index contributed by atoms with van der Waals surface area (Å²) < 4.78 is 6.30. The first-order valence-electron chi connectivity index (χ1n) is 5.32. The van der Waals surface area contributed by atoms with Gasteiger partial charge in [0.05, 0.1) is 13.4 Å². The van der Waals surface area contributed by atoms with Gasteiger partial charge in [-0.1, -0.05) is 13.8 Å². The van der Waals surface area contributed by atoms with Crippen molar-refractivity contribution < 1.29 is 14.3 Å². The summed E-state index contributed by atoms with van der Waals surface area (Å²) in [6.45, 7) is 3.67. The van der Waals surface area contributed by atoms with Gasteiger partial charge in [-0.05, 0) is 5.92 Å². The number of nitrogens with zero attached hydrogens (tertiary/aromatic N) is 2. The highest BCUT2D eigenvalue weighted by Gasteiger charge is 2.25. The number of imidazole rings is 1. The normalized spacial score (nSPS) is 12.3. The lowest BCUT2D eigenvalue weighted by Crippen LogP contribution is -2.45. The Labute approximate surface area is 100.0 Å². The number of aryl methyl sites for hydroxylation is 1. The monoisotopic (exact) mass is 239 g/mol. The molecule has 17 heavy (non-hydrogen) atoms. The van der Waals surface area contributed by atoms with Crippen molar-refractivity contribution >= 4 is 11.9 Å². The molecule has 0 radical (unpaired) electrons. The van der Waals surface area contributed by atoms with E-state index in [2.05, 4.69) is 15.0 Å². The molecule has 0 aliphatic carbocycles. The molecule has 1 atom stereocenters. The molecule has 1 unspecified atom stereocenters. The van der Waals surface area contributed by atoms with Crippen LogP contribution in [0.4, 0.5) is 0 Å². The van der Waals surface area contributed by atoms with Gasteiger partial charge in [0.15, 0.2) is 0 Å². The SMILES string of the molecule is COC(=O)C(NC(=O)c1cn(C)cn1)C(C)C. The quantitative estimate of drug-likeness (QED) is 0.769. The molecule has 0 fully saturated rings. The van der Waals surface area contributed by atoms with Gasteiger partial charge in [0, 0.05) is 13.2 Å². The van der Waals surface area contributed by atoms with Crippen molar-refractivity contribution in [3.05, 3.63) is 18.2 Å². The van der Waals surface area contributed by atoms with Crippen molar-refractivity contribution in [1.82, 2.24) is 14.9 Å². The van der Waals surface area contributed by atoms with Gasteiger partial charge in [-0.15, -0.1) is 0 Å². The summed E-state index contributed by atoms with van der Waals surface area (Å²) in [5.74, 6) is -0.880. The molecule has 1 amide bonds. The van der Waals surface area contributed by atoms with Crippen LogP contribution in [0.25, 0.3) is 0 Å². The molecule has 6 heteroatoms. The van der Waals surface area contributed by atoms with E-state index in [1.807, 2.05) is 13.8 Å². The molecule has 94 valence electrons. The maximum Gasteiger partial charge on any atom is 0.328 e. The second-order valence-electron chi connectivity index (χ2n) is 4.14. The first kappa shape index (κ1) is 13.2. The zero-order valence-electron chi connectivity index (χ0n) is 10.4. The second-order valence-corrected chi connectivity index (χ2v) is 4.14. The fourth-order valence-electron chi connectivity index (χ4n) is 1.37. The van der Waals surface area contributed by atoms with Crippen LogP contribution < -0.4 is 5.32 Å². The highest BCUT2D eigenvalue weighted by atomic mass is 16.5. The van der Waals surface area contributed by atoms with E-state index in [9.17, 15) is 9.59 Å². The zero-order valence-corrected chi connectivity index (χ0v) is 10.4. The Morgan fingerprint density at radius 2 is 2.12 bits per heavy atom. The highest BCUT2D eigenvalue weighted by molar-refractivity contribution is 5.95. The second kappa shape index (κ2) is 5.47. The standard InChI is InChI=1S/C11H17N3O3/c1-7(2)9(11(16)17-4)13-10(15)8-5-14(3)6-12-8/h5-7,9H,1-4H3,(H,13,15). The minimum Gasteiger partial charge on any atom is -0.467 e. The van der Waals surface area contributed by atoms with Crippen LogP contribution in [-0.2, 0) is 16.6 Å². The van der Waals surface area contributed by atoms with Gasteiger partial charge in [0.1, 0.15) is 11.7 Å². The van der Waals surface area contributed by atoms with Gasteiger partial charge in [-0.2, -0.15) is 0 Å². The predicted octanol–water partition coefficient (Wildman–Crippen LogP) is 0.347. The Bertz CT molecular complexity index is 412. The fraction of sp³-hybridized carbons (Fsp3) is 0.545. The molecule has 0 spiro atoms. The minimum absolute atomic E-state index is 0.0462. The van der Waals surface area contributed by atoms with Gasteiger partial charge in [-0.25, -0.2) is 9.78 Å². The van der Waals surface area contributed by atoms with Gasteiger partial charge < -0.3 is 14.6 Å². The molecule has 1 aromatic heterocycles. The minimum atomic E-state index is -0.658. The summed E-state index contributed by atoms with van der Waals surface area (Å²) in [7, 11) is 3.06. The number of aromatic nitrogens is 2. The molecule has 0 aliphatic heterocycles. The number of rotatable bonds is 4. The molecule has 0 aromatic carbocycles. The Kier molecular flexibility index (Phi) is 4.25. The number of nitrogens with one attached hydrogen (secondary N) is 1. The van der Waals surface area contributed by atoms with Crippen LogP contribution in [0.5, 0.6) is 0 Å². The number of ether oxygens (including phenoxy) is 1. The smallest absolute Gasteiger partial charge is 0.328 e. The molecule has 0 bridgehead atoms. The van der Waals surface area contributed by atoms with Gasteiger partial charge >= 0.3 is 5.97 Å². The fourth-order valence-corrected chi connectivity index (χ4v) is 1.37. The summed E-state index contributed by atoms with van der Waals surface area (Å²) >= 11 is 0. The van der Waals surface area contributed by atoms with Crippen LogP contribution in [0.3, 0.4) is 0 Å². The third-order valence-corrected chi connectivity index (χ3v) is 2.35. The maximum absolute atomic E-state index is 11.8. The molecule has 0 saturated carbocycles. The molecule has 1 aromatic rings. The van der Waals surface area contributed by atoms with E-state index in [1.54, 1.807) is 17.8 Å². The first-order chi connectivity index (χ1) is 7.95. The summed E-state index contributed by atoms with van der Waals surface area (Å²) in [6, 6.07) is -0.658. The van der Waals surface area contributed by atoms with Crippen LogP contribution in [0.15, 0.2) is 12.5 Å². The van der Waals surface area contributed by atoms with E-state index >= 15 is 0 Å². The van der Waals surface area contributed by atoms with E-state index in [-0.39, 0.29) is 17.5 Å². The van der Waals surface area contributed by atoms with Crippen molar-refractivity contribution in [2.24, 2.45) is 13.0 Å². The van der Waals surface area contributed by atoms with Crippen molar-refractivity contribution in [2.75, 3.05) is 7.11 Å². The van der Waals surface area contributed by atoms with E-state index < -0.39 is 12.0 Å². The molecule has 1 N–H and O–H groups in total. The van der Waals surface area contributed by atoms with Gasteiger partial charge in [0.2, 0.25) is 0 Å². The van der Waals surface area contributed by atoms with Crippen LogP contribution in [0.1, 0.15) is 24.3 Å². The number of hydrogen-bond donors (Lipinski definition) is 1. The summed E-state index contributed by atoms with van der Waals surface area (Å²) in [5.41, 5.74) is 0.280. The third kappa shape index (κ3) is 3.30. The Morgan fingerprint density at radius 3 is 2.53 bits per heavy atom. The van der Waals surface area contributed by atoms with E-state index in [1.165, 1.54) is 13.4 Å². The molecule has 6 nitrogen and oxygen atoms in total. The number of hydrogen-bond acceptors (Lipinski definition) is 4. The van der Waals surface area contributed by atoms with Crippen molar-refractivity contribution in [3.63, 3.8) is 0 Å². The lowest BCUT2D eigenvalue weighted by atomic mass is 10.0. The molecule has 0 saturated heterocycles. The van der Waals surface area contributed by atoms with Crippen molar-refractivity contribution in [1.29, 1.82) is 0 Å². The predicted molar refractivity (Wildman–Crippen MR) is 61.3 cm³/mol. The van der Waals surface area contributed by atoms with Gasteiger partial charge in [-0.3, -0.25) is 4.79 Å². The average molecular weight is 239 g/mol. The number of carbonyl (C=O) groups is 2. The summed E-state index contributed by atoms with van der Waals surface area (Å²) in [6.07, 6.45) is 3.11. The molecular weight excluding hydrogens is 222 g/mol. The van der Waals surface area contributed by atoms with Crippen LogP contribution in [0, 0.1) is 5.92 Å². The van der Waals surface area contributed by atoms with E-state index in [0.717, 1.165) is 0 Å². The highest BCUT2D eigenvalue weighted by Crippen LogP contribution is 2.05. The van der Waals surface area contributed by atoms with Crippen LogP contribution >= 0.6 is 0 Å². The van der Waals surface area contributed by atoms with Crippen molar-refractivity contribution in [3.8, 4) is 0 Å². The average Bonchev–Trinajstić information content (AvgIpc) is 2.71. The van der Waals surface area contributed by atoms with E-state index in [0.29, 0.717) is 0 Å². The van der Waals surface area contributed by atoms with Gasteiger partial charge in [0.25, 0.3) is 5.91 Å². The number of amides is 1. The lowest BCUT2D eigenvalue weighted by molar-refractivity contribution is -0.144. The maximum atomic E-state index is 11.8. The lowest BCUT2D eigenvalue weighted by Gasteiger charge is -2.19. The van der Waals surface area contributed by atoms with E-state index in [4.69, 9.17) is 0 Å². The Morgan fingerprint density at radius 1 is 1.47 bits per heavy atom. The van der Waals surface area contributed by atoms with Crippen LogP contribution in [0.2, 0.25) is 0 Å². The summed E-state index contributed by atoms with van der Waals surface area (Å²) in [4.78, 5) is 27.2. The largest absolute Gasteiger partial charge is 0.467 e. The Balaban J connectivity index is 2.74. The molecular formula is C11H17N3O3. The number of methoxy groups -OCH3 is 1. The third-order valence-electron chi connectivity index (χ3n) is 2.35. The molecule has 1 heterocycles. The summed E-state index contributed by atoms with van der Waals surface area (Å²) in [5, 5.41) is 2.61. The topological polar surface area (TPSA) is 73.2 Å². The van der Waals surface area contributed by atoms with Crippen LogP contribution in [-0.4, -0.2) is 34.6 Å². The first-order valence-corrected chi connectivity index (χ1v) is 5.32. The molecule has 0 aliphatic rings. The number of carbonyl (C=O) groups excluding carboxylic acids is 2.